The van der Waals surface area contributed by atoms with Gasteiger partial charge in [-0.25, -0.2) is 0 Å². The molecule has 136 valence electrons. The summed E-state index contributed by atoms with van der Waals surface area (Å²) in [6.07, 6.45) is 0. The molecule has 0 aromatic heterocycles. The van der Waals surface area contributed by atoms with E-state index in [-0.39, 0.29) is 11.1 Å². The first-order valence-electron chi connectivity index (χ1n) is 8.16. The molecule has 2 aromatic carbocycles. The van der Waals surface area contributed by atoms with Crippen molar-refractivity contribution in [2.45, 2.75) is 17.0 Å². The third-order valence-corrected chi connectivity index (χ3v) is 5.77. The van der Waals surface area contributed by atoms with Crippen molar-refractivity contribution < 1.29 is 22.1 Å². The number of benzene rings is 2. The summed E-state index contributed by atoms with van der Waals surface area (Å²) in [5.74, 6) is -2.33. The minimum atomic E-state index is -4.74. The topological polar surface area (TPSA) is 95.7 Å². The van der Waals surface area contributed by atoms with Gasteiger partial charge in [0.2, 0.25) is 17.4 Å². The molecule has 0 amide bonds. The van der Waals surface area contributed by atoms with Gasteiger partial charge in [-0.05, 0) is 18.1 Å². The molecule has 28 heavy (non-hydrogen) atoms. The number of Topliss-reactive ketones (excluding diaryl/α,β-unsaturated/α-hetero) is 1. The summed E-state index contributed by atoms with van der Waals surface area (Å²) < 4.78 is 33.1. The Morgan fingerprint density at radius 1 is 1.11 bits per heavy atom. The molecule has 2 aromatic rings. The van der Waals surface area contributed by atoms with Crippen LogP contribution in [0.1, 0.15) is 16.7 Å². The second-order valence-corrected chi connectivity index (χ2v) is 8.18. The van der Waals surface area contributed by atoms with Crippen molar-refractivity contribution in [3.05, 3.63) is 82.9 Å². The molecule has 0 spiro atoms. The number of carbonyl (C=O) groups is 1. The van der Waals surface area contributed by atoms with E-state index in [4.69, 9.17) is 38.2 Å². The summed E-state index contributed by atoms with van der Waals surface area (Å²) in [5.41, 5.74) is 4.82. The first-order valence-corrected chi connectivity index (χ1v) is 9.57. The Labute approximate surface area is 167 Å². The number of nitrogens with two attached hydrogens (primary N) is 1. The molecule has 1 aliphatic rings. The van der Waals surface area contributed by atoms with Crippen LogP contribution < -0.4 is 5.73 Å². The molecule has 6 radical (unpaired) electrons. The summed E-state index contributed by atoms with van der Waals surface area (Å²) in [6.45, 7) is 1.79. The maximum atomic E-state index is 12.8. The van der Waals surface area contributed by atoms with E-state index in [1.807, 2.05) is 0 Å². The first kappa shape index (κ1) is 20.1. The van der Waals surface area contributed by atoms with Gasteiger partial charge in [-0.15, -0.1) is 0 Å². The van der Waals surface area contributed by atoms with Gasteiger partial charge in [-0.2, -0.15) is 8.42 Å². The number of rotatable bonds is 5. The van der Waals surface area contributed by atoms with Crippen molar-refractivity contribution in [1.82, 2.24) is 0 Å². The van der Waals surface area contributed by atoms with Crippen LogP contribution in [0.2, 0.25) is 0 Å². The van der Waals surface area contributed by atoms with Crippen LogP contribution in [-0.2, 0) is 33.9 Å². The highest BCUT2D eigenvalue weighted by molar-refractivity contribution is 7.90. The molecular formula is C18H14B3NO5S. The fraction of sp³-hybridized carbons (Fsp3) is 0.167. The number of ether oxygens (including phenoxy) is 1. The number of hydrogen-bond donors (Lipinski definition) is 1. The normalized spacial score (nSPS) is 20.1. The number of ketones is 1. The van der Waals surface area contributed by atoms with Crippen molar-refractivity contribution in [3.8, 4) is 0 Å². The second kappa shape index (κ2) is 6.77. The van der Waals surface area contributed by atoms with E-state index in [2.05, 4.69) is 0 Å². The van der Waals surface area contributed by atoms with Gasteiger partial charge in [-0.1, -0.05) is 60.2 Å². The summed E-state index contributed by atoms with van der Waals surface area (Å²) in [4.78, 5) is 12.8. The fourth-order valence-electron chi connectivity index (χ4n) is 2.71. The van der Waals surface area contributed by atoms with Crippen LogP contribution in [0.5, 0.6) is 0 Å². The quantitative estimate of drug-likeness (QED) is 0.593. The van der Waals surface area contributed by atoms with Gasteiger partial charge in [0.25, 0.3) is 0 Å². The van der Waals surface area contributed by atoms with Crippen LogP contribution >= 0.6 is 0 Å². The van der Waals surface area contributed by atoms with Gasteiger partial charge in [0.15, 0.2) is 5.50 Å². The standard InChI is InChI=1S/C18H14B3NO5S/c1-11-6-5-9-13(10-11)17(19)15(23)14(16(22)26-17)27-28(24,25)18(20,21)12-7-3-2-4-8-12/h2-10H,22H2,1H3/t17-/m1/s1. The maximum Gasteiger partial charge on any atom is 0.302 e. The number of carbonyl (C=O) groups excluding carboxylic acids is 1. The number of hydrogen-bond acceptors (Lipinski definition) is 6. The average molecular weight is 389 g/mol. The molecule has 0 bridgehead atoms. The zero-order valence-electron chi connectivity index (χ0n) is 15.0. The smallest absolute Gasteiger partial charge is 0.302 e. The van der Waals surface area contributed by atoms with Crippen molar-refractivity contribution >= 4 is 39.4 Å². The summed E-state index contributed by atoms with van der Waals surface area (Å²) in [5, 5.41) is 0. The van der Waals surface area contributed by atoms with E-state index in [0.717, 1.165) is 5.56 Å². The largest absolute Gasteiger partial charge is 0.467 e. The van der Waals surface area contributed by atoms with Crippen LogP contribution in [0, 0.1) is 6.92 Å². The Hall–Kier alpha value is -2.61. The highest BCUT2D eigenvalue weighted by Crippen LogP contribution is 2.38. The van der Waals surface area contributed by atoms with E-state index in [0.29, 0.717) is 0 Å². The lowest BCUT2D eigenvalue weighted by molar-refractivity contribution is -0.126. The van der Waals surface area contributed by atoms with Gasteiger partial charge < -0.3 is 14.7 Å². The summed E-state index contributed by atoms with van der Waals surface area (Å²) in [6, 6.07) is 14.2. The molecule has 2 N–H and O–H groups in total. The van der Waals surface area contributed by atoms with E-state index in [1.165, 1.54) is 12.1 Å². The van der Waals surface area contributed by atoms with Crippen molar-refractivity contribution in [1.29, 1.82) is 0 Å². The fourth-order valence-corrected chi connectivity index (χ4v) is 3.65. The van der Waals surface area contributed by atoms with Gasteiger partial charge in [-0.3, -0.25) is 4.79 Å². The second-order valence-electron chi connectivity index (χ2n) is 6.43. The van der Waals surface area contributed by atoms with Crippen LogP contribution in [0.4, 0.5) is 0 Å². The monoisotopic (exact) mass is 389 g/mol. The van der Waals surface area contributed by atoms with Crippen molar-refractivity contribution in [2.75, 3.05) is 0 Å². The lowest BCUT2D eigenvalue weighted by Gasteiger charge is -2.26. The first-order chi connectivity index (χ1) is 13.0. The SMILES string of the molecule is [B]C([B])(c1ccccc1)S(=O)(=O)OC1=C(N)O[C@]([B])(c2cccc(C)c2)C1=O. The molecule has 0 unspecified atom stereocenters. The zero-order valence-corrected chi connectivity index (χ0v) is 15.8. The minimum Gasteiger partial charge on any atom is -0.467 e. The molecule has 0 aliphatic carbocycles. The molecule has 0 saturated heterocycles. The highest BCUT2D eigenvalue weighted by Gasteiger charge is 2.50. The van der Waals surface area contributed by atoms with E-state index < -0.39 is 37.6 Å². The van der Waals surface area contributed by atoms with E-state index in [1.54, 1.807) is 49.4 Å². The molecule has 1 heterocycles. The molecule has 10 heteroatoms. The van der Waals surface area contributed by atoms with E-state index >= 15 is 0 Å². The molecular weight excluding hydrogens is 375 g/mol. The molecule has 6 nitrogen and oxygen atoms in total. The van der Waals surface area contributed by atoms with E-state index in [9.17, 15) is 13.2 Å². The lowest BCUT2D eigenvalue weighted by Crippen LogP contribution is -2.40. The van der Waals surface area contributed by atoms with Crippen LogP contribution in [0.3, 0.4) is 0 Å². The molecule has 1 aliphatic heterocycles. The third kappa shape index (κ3) is 3.22. The minimum absolute atomic E-state index is 0.0539. The molecule has 0 fully saturated rings. The summed E-state index contributed by atoms with van der Waals surface area (Å²) in [7, 11) is 12.9. The van der Waals surface area contributed by atoms with Crippen LogP contribution in [0.25, 0.3) is 0 Å². The van der Waals surface area contributed by atoms with Crippen LogP contribution in [0.15, 0.2) is 66.2 Å². The zero-order chi connectivity index (χ0) is 20.7. The predicted molar refractivity (Wildman–Crippen MR) is 106 cm³/mol. The van der Waals surface area contributed by atoms with Crippen molar-refractivity contribution in [2.24, 2.45) is 5.73 Å². The Kier molecular flexibility index (Phi) is 4.87. The van der Waals surface area contributed by atoms with Crippen molar-refractivity contribution in [3.63, 3.8) is 0 Å². The van der Waals surface area contributed by atoms with Gasteiger partial charge >= 0.3 is 10.1 Å². The Balaban J connectivity index is 1.94. The predicted octanol–water partition coefficient (Wildman–Crippen LogP) is 0.537. The maximum absolute atomic E-state index is 12.8. The Morgan fingerprint density at radius 2 is 1.75 bits per heavy atom. The molecule has 0 saturated carbocycles. The lowest BCUT2D eigenvalue weighted by atomic mass is 9.65. The Bertz CT molecular complexity index is 1070. The van der Waals surface area contributed by atoms with Crippen LogP contribution in [-0.4, -0.2) is 37.7 Å². The molecule has 1 atom stereocenters. The number of aryl methyl sites for hydroxylation is 1. The Morgan fingerprint density at radius 3 is 2.36 bits per heavy atom. The van der Waals surface area contributed by atoms with Gasteiger partial charge in [0.1, 0.15) is 7.85 Å². The van der Waals surface area contributed by atoms with Gasteiger partial charge in [0.05, 0.1) is 20.2 Å². The third-order valence-electron chi connectivity index (χ3n) is 4.32. The highest BCUT2D eigenvalue weighted by atomic mass is 32.2. The molecule has 3 rings (SSSR count). The summed E-state index contributed by atoms with van der Waals surface area (Å²) >= 11 is 0. The average Bonchev–Trinajstić information content (AvgIpc) is 2.86. The van der Waals surface area contributed by atoms with Gasteiger partial charge in [0, 0.05) is 0 Å².